The van der Waals surface area contributed by atoms with Gasteiger partial charge in [0.25, 0.3) is 0 Å². The zero-order valence-electron chi connectivity index (χ0n) is 12.6. The van der Waals surface area contributed by atoms with Gasteiger partial charge in [-0.2, -0.15) is 4.31 Å². The van der Waals surface area contributed by atoms with E-state index in [1.165, 1.54) is 23.4 Å². The number of sulfonamides is 1. The minimum Gasteiger partial charge on any atom is -0.392 e. The number of rotatable bonds is 3. The molecule has 118 valence electrons. The molecule has 0 bridgehead atoms. The summed E-state index contributed by atoms with van der Waals surface area (Å²) in [6.07, 6.45) is 2.67. The summed E-state index contributed by atoms with van der Waals surface area (Å²) < 4.78 is 41.0. The van der Waals surface area contributed by atoms with Crippen molar-refractivity contribution < 1.29 is 17.9 Å². The number of hydrogen-bond donors (Lipinski definition) is 1. The van der Waals surface area contributed by atoms with Crippen molar-refractivity contribution >= 4 is 10.0 Å². The molecule has 1 fully saturated rings. The molecule has 0 saturated carbocycles. The van der Waals surface area contributed by atoms with E-state index >= 15 is 0 Å². The van der Waals surface area contributed by atoms with Crippen LogP contribution in [-0.2, 0) is 16.6 Å². The highest BCUT2D eigenvalue weighted by Gasteiger charge is 2.36. The molecule has 1 saturated heterocycles. The summed E-state index contributed by atoms with van der Waals surface area (Å²) in [5.41, 5.74) is 0.253. The van der Waals surface area contributed by atoms with Gasteiger partial charge in [-0.25, -0.2) is 12.8 Å². The van der Waals surface area contributed by atoms with Crippen LogP contribution in [0.25, 0.3) is 0 Å². The van der Waals surface area contributed by atoms with Crippen LogP contribution in [0.2, 0.25) is 0 Å². The SMILES string of the molecule is Cc1cc(S(=O)(=O)N2[C@H](C)CCC[C@@H]2C)cc(CO)c1F. The van der Waals surface area contributed by atoms with Gasteiger partial charge in [0.15, 0.2) is 0 Å². The van der Waals surface area contributed by atoms with E-state index in [9.17, 15) is 17.9 Å². The average Bonchev–Trinajstić information content (AvgIpc) is 2.41. The number of nitrogens with zero attached hydrogens (tertiary/aromatic N) is 1. The molecule has 0 unspecified atom stereocenters. The molecule has 2 atom stereocenters. The average molecular weight is 315 g/mol. The van der Waals surface area contributed by atoms with Gasteiger partial charge < -0.3 is 5.11 Å². The Kier molecular flexibility index (Phi) is 4.70. The van der Waals surface area contributed by atoms with Gasteiger partial charge in [-0.3, -0.25) is 0 Å². The van der Waals surface area contributed by atoms with Gasteiger partial charge in [0, 0.05) is 17.6 Å². The van der Waals surface area contributed by atoms with Gasteiger partial charge in [-0.1, -0.05) is 6.42 Å². The number of hydrogen-bond acceptors (Lipinski definition) is 3. The Morgan fingerprint density at radius 1 is 1.29 bits per heavy atom. The minimum atomic E-state index is -3.68. The number of halogens is 1. The lowest BCUT2D eigenvalue weighted by Gasteiger charge is -2.37. The number of aryl methyl sites for hydroxylation is 1. The monoisotopic (exact) mass is 315 g/mol. The maximum atomic E-state index is 13.8. The van der Waals surface area contributed by atoms with Crippen molar-refractivity contribution in [1.29, 1.82) is 0 Å². The largest absolute Gasteiger partial charge is 0.392 e. The molecular formula is C15H22FNO3S. The van der Waals surface area contributed by atoms with Crippen molar-refractivity contribution in [2.45, 2.75) is 63.6 Å². The molecule has 2 rings (SSSR count). The molecule has 6 heteroatoms. The molecule has 21 heavy (non-hydrogen) atoms. The quantitative estimate of drug-likeness (QED) is 0.932. The van der Waals surface area contributed by atoms with E-state index in [-0.39, 0.29) is 28.1 Å². The summed E-state index contributed by atoms with van der Waals surface area (Å²) in [7, 11) is -3.68. The smallest absolute Gasteiger partial charge is 0.243 e. The number of aliphatic hydroxyl groups excluding tert-OH is 1. The van der Waals surface area contributed by atoms with Gasteiger partial charge >= 0.3 is 0 Å². The molecule has 1 heterocycles. The lowest BCUT2D eigenvalue weighted by Crippen LogP contribution is -2.47. The van der Waals surface area contributed by atoms with Crippen LogP contribution < -0.4 is 0 Å². The van der Waals surface area contributed by atoms with Crippen molar-refractivity contribution in [3.8, 4) is 0 Å². The minimum absolute atomic E-state index is 0.0193. The summed E-state index contributed by atoms with van der Waals surface area (Å²) in [5.74, 6) is -0.545. The maximum absolute atomic E-state index is 13.8. The fourth-order valence-corrected chi connectivity index (χ4v) is 5.08. The van der Waals surface area contributed by atoms with Gasteiger partial charge in [0.1, 0.15) is 5.82 Å². The summed E-state index contributed by atoms with van der Waals surface area (Å²) in [5, 5.41) is 9.20. The van der Waals surface area contributed by atoms with E-state index in [4.69, 9.17) is 0 Å². The fraction of sp³-hybridized carbons (Fsp3) is 0.600. The Balaban J connectivity index is 2.51. The molecule has 0 aromatic heterocycles. The first-order valence-electron chi connectivity index (χ1n) is 7.22. The van der Waals surface area contributed by atoms with Crippen molar-refractivity contribution in [1.82, 2.24) is 4.31 Å². The van der Waals surface area contributed by atoms with E-state index in [0.717, 1.165) is 19.3 Å². The third kappa shape index (κ3) is 2.98. The highest BCUT2D eigenvalue weighted by atomic mass is 32.2. The van der Waals surface area contributed by atoms with Crippen molar-refractivity contribution in [3.63, 3.8) is 0 Å². The molecule has 1 aliphatic heterocycles. The summed E-state index contributed by atoms with van der Waals surface area (Å²) in [6.45, 7) is 4.80. The number of piperidine rings is 1. The molecule has 0 aliphatic carbocycles. The fourth-order valence-electron chi connectivity index (χ4n) is 3.06. The van der Waals surface area contributed by atoms with E-state index < -0.39 is 22.4 Å². The second-order valence-corrected chi connectivity index (χ2v) is 7.68. The highest BCUT2D eigenvalue weighted by Crippen LogP contribution is 2.30. The number of aliphatic hydroxyl groups is 1. The van der Waals surface area contributed by atoms with Crippen molar-refractivity contribution in [2.24, 2.45) is 0 Å². The van der Waals surface area contributed by atoms with E-state index in [0.29, 0.717) is 0 Å². The first-order valence-corrected chi connectivity index (χ1v) is 8.66. The van der Waals surface area contributed by atoms with Crippen LogP contribution in [0.3, 0.4) is 0 Å². The highest BCUT2D eigenvalue weighted by molar-refractivity contribution is 7.89. The van der Waals surface area contributed by atoms with E-state index in [1.54, 1.807) is 0 Å². The van der Waals surface area contributed by atoms with Gasteiger partial charge in [-0.05, 0) is 51.3 Å². The third-order valence-corrected chi connectivity index (χ3v) is 6.27. The van der Waals surface area contributed by atoms with Crippen LogP contribution in [0.15, 0.2) is 17.0 Å². The molecule has 1 aromatic rings. The summed E-state index contributed by atoms with van der Waals surface area (Å²) in [4.78, 5) is 0.0612. The van der Waals surface area contributed by atoms with Gasteiger partial charge in [0.05, 0.1) is 11.5 Å². The molecule has 1 aliphatic rings. The lowest BCUT2D eigenvalue weighted by atomic mass is 10.0. The van der Waals surface area contributed by atoms with Crippen LogP contribution >= 0.6 is 0 Å². The lowest BCUT2D eigenvalue weighted by molar-refractivity contribution is 0.204. The molecule has 0 spiro atoms. The standard InChI is InChI=1S/C15H22FNO3S/c1-10-7-14(8-13(9-18)15(10)16)21(19,20)17-11(2)5-4-6-12(17)3/h7-8,11-12,18H,4-6,9H2,1-3H3/t11-,12+. The molecule has 1 aromatic carbocycles. The molecule has 1 N–H and O–H groups in total. The van der Waals surface area contributed by atoms with Crippen LogP contribution in [0.1, 0.15) is 44.2 Å². The summed E-state index contributed by atoms with van der Waals surface area (Å²) >= 11 is 0. The number of benzene rings is 1. The Labute approximate surface area is 125 Å². The molecule has 0 amide bonds. The van der Waals surface area contributed by atoms with E-state index in [1.807, 2.05) is 13.8 Å². The predicted octanol–water partition coefficient (Wildman–Crippen LogP) is 2.58. The second kappa shape index (κ2) is 6.02. The van der Waals surface area contributed by atoms with Crippen LogP contribution in [0.4, 0.5) is 4.39 Å². The van der Waals surface area contributed by atoms with Crippen LogP contribution in [-0.4, -0.2) is 29.9 Å². The maximum Gasteiger partial charge on any atom is 0.243 e. The Morgan fingerprint density at radius 2 is 1.86 bits per heavy atom. The zero-order valence-corrected chi connectivity index (χ0v) is 13.5. The van der Waals surface area contributed by atoms with Crippen molar-refractivity contribution in [2.75, 3.05) is 0 Å². The second-order valence-electron chi connectivity index (χ2n) is 5.84. The zero-order chi connectivity index (χ0) is 15.8. The van der Waals surface area contributed by atoms with Crippen LogP contribution in [0, 0.1) is 12.7 Å². The Morgan fingerprint density at radius 3 is 2.38 bits per heavy atom. The first-order chi connectivity index (χ1) is 9.78. The first kappa shape index (κ1) is 16.4. The predicted molar refractivity (Wildman–Crippen MR) is 78.9 cm³/mol. The Hall–Kier alpha value is -0.980. The van der Waals surface area contributed by atoms with Crippen molar-refractivity contribution in [3.05, 3.63) is 29.1 Å². The summed E-state index contributed by atoms with van der Waals surface area (Å²) in [6, 6.07) is 2.45. The van der Waals surface area contributed by atoms with E-state index in [2.05, 4.69) is 0 Å². The van der Waals surface area contributed by atoms with Crippen LogP contribution in [0.5, 0.6) is 0 Å². The normalized spacial score (nSPS) is 24.2. The Bertz CT molecular complexity index is 620. The molecular weight excluding hydrogens is 293 g/mol. The molecule has 4 nitrogen and oxygen atoms in total. The van der Waals surface area contributed by atoms with Gasteiger partial charge in [-0.15, -0.1) is 0 Å². The topological polar surface area (TPSA) is 57.6 Å². The molecule has 0 radical (unpaired) electrons. The third-order valence-electron chi connectivity index (χ3n) is 4.16. The van der Waals surface area contributed by atoms with Gasteiger partial charge in [0.2, 0.25) is 10.0 Å².